The van der Waals surface area contributed by atoms with Gasteiger partial charge in [-0.25, -0.2) is 13.6 Å². The van der Waals surface area contributed by atoms with Crippen LogP contribution >= 0.6 is 0 Å². The van der Waals surface area contributed by atoms with Gasteiger partial charge in [0.15, 0.2) is 0 Å². The van der Waals surface area contributed by atoms with Gasteiger partial charge in [-0.1, -0.05) is 54.1 Å². The van der Waals surface area contributed by atoms with Crippen molar-refractivity contribution in [1.29, 1.82) is 0 Å². The molecule has 3 aromatic rings. The molecule has 35 heavy (non-hydrogen) atoms. The number of piperazine rings is 1. The van der Waals surface area contributed by atoms with Crippen molar-refractivity contribution in [2.75, 3.05) is 39.8 Å². The van der Waals surface area contributed by atoms with E-state index in [0.29, 0.717) is 12.1 Å². The average molecular weight is 477 g/mol. The van der Waals surface area contributed by atoms with Crippen molar-refractivity contribution in [3.63, 3.8) is 0 Å². The molecule has 0 N–H and O–H groups in total. The van der Waals surface area contributed by atoms with E-state index >= 15 is 0 Å². The van der Waals surface area contributed by atoms with Gasteiger partial charge in [0.05, 0.1) is 18.7 Å². The smallest absolute Gasteiger partial charge is 0.335 e. The van der Waals surface area contributed by atoms with Gasteiger partial charge in [0.25, 0.3) is 0 Å². The Balaban J connectivity index is 1.49. The lowest BCUT2D eigenvalue weighted by molar-refractivity contribution is -0.136. The van der Waals surface area contributed by atoms with E-state index in [1.54, 1.807) is 24.3 Å². The molecule has 182 valence electrons. The summed E-state index contributed by atoms with van der Waals surface area (Å²) in [7, 11) is 1.40. The van der Waals surface area contributed by atoms with Gasteiger partial charge in [0, 0.05) is 32.7 Å². The Morgan fingerprint density at radius 3 is 1.86 bits per heavy atom. The predicted molar refractivity (Wildman–Crippen MR) is 134 cm³/mol. The number of aryl methyl sites for hydroxylation is 1. The van der Waals surface area contributed by atoms with Gasteiger partial charge < -0.3 is 4.74 Å². The zero-order valence-electron chi connectivity index (χ0n) is 20.1. The van der Waals surface area contributed by atoms with E-state index in [0.717, 1.165) is 48.4 Å². The molecule has 0 spiro atoms. The molecule has 0 aliphatic carbocycles. The van der Waals surface area contributed by atoms with Gasteiger partial charge in [0.2, 0.25) is 0 Å². The summed E-state index contributed by atoms with van der Waals surface area (Å²) < 4.78 is 32.2. The average Bonchev–Trinajstić information content (AvgIpc) is 2.88. The third-order valence-corrected chi connectivity index (χ3v) is 6.40. The van der Waals surface area contributed by atoms with Gasteiger partial charge >= 0.3 is 5.97 Å². The molecule has 0 saturated carbocycles. The third kappa shape index (κ3) is 6.41. The number of nitrogens with zero attached hydrogens (tertiary/aromatic N) is 2. The molecule has 4 rings (SSSR count). The Labute approximate surface area is 205 Å². The van der Waals surface area contributed by atoms with Crippen LogP contribution in [0.5, 0.6) is 0 Å². The van der Waals surface area contributed by atoms with Gasteiger partial charge in [-0.15, -0.1) is 0 Å². The van der Waals surface area contributed by atoms with Crippen molar-refractivity contribution in [1.82, 2.24) is 9.80 Å². The summed E-state index contributed by atoms with van der Waals surface area (Å²) in [6.45, 7) is 5.52. The first-order chi connectivity index (χ1) is 16.9. The van der Waals surface area contributed by atoms with Crippen LogP contribution < -0.4 is 0 Å². The van der Waals surface area contributed by atoms with Crippen molar-refractivity contribution in [2.45, 2.75) is 13.0 Å². The first kappa shape index (κ1) is 24.8. The summed E-state index contributed by atoms with van der Waals surface area (Å²) in [4.78, 5) is 17.0. The Morgan fingerprint density at radius 2 is 1.37 bits per heavy atom. The zero-order valence-corrected chi connectivity index (χ0v) is 20.1. The van der Waals surface area contributed by atoms with E-state index in [1.165, 1.54) is 31.4 Å². The topological polar surface area (TPSA) is 32.8 Å². The SMILES string of the molecule is COC(=O)/C(=C\c1ccc(C)cc1)CN1CCN(C(c2ccc(F)cc2)c2ccc(F)cc2)CC1. The highest BCUT2D eigenvalue weighted by Gasteiger charge is 2.27. The van der Waals surface area contributed by atoms with Gasteiger partial charge in [-0.3, -0.25) is 9.80 Å². The summed E-state index contributed by atoms with van der Waals surface area (Å²) in [5, 5.41) is 0. The minimum atomic E-state index is -0.330. The molecular formula is C29H30F2N2O2. The second kappa shape index (κ2) is 11.4. The summed E-state index contributed by atoms with van der Waals surface area (Å²) >= 11 is 0. The second-order valence-electron chi connectivity index (χ2n) is 8.89. The molecule has 4 nitrogen and oxygen atoms in total. The third-order valence-electron chi connectivity index (χ3n) is 6.40. The molecule has 1 aliphatic heterocycles. The molecule has 6 heteroatoms. The molecule has 3 aromatic carbocycles. The van der Waals surface area contributed by atoms with E-state index in [9.17, 15) is 13.6 Å². The van der Waals surface area contributed by atoms with E-state index in [2.05, 4.69) is 9.80 Å². The number of rotatable bonds is 7. The number of benzene rings is 3. The maximum Gasteiger partial charge on any atom is 0.335 e. The fourth-order valence-electron chi connectivity index (χ4n) is 4.49. The molecule has 0 amide bonds. The Hall–Kier alpha value is -3.35. The monoisotopic (exact) mass is 476 g/mol. The second-order valence-corrected chi connectivity index (χ2v) is 8.89. The Morgan fingerprint density at radius 1 is 0.857 bits per heavy atom. The molecule has 1 heterocycles. The highest BCUT2D eigenvalue weighted by Crippen LogP contribution is 2.30. The Bertz CT molecular complexity index is 1110. The van der Waals surface area contributed by atoms with E-state index in [1.807, 2.05) is 37.3 Å². The molecular weight excluding hydrogens is 446 g/mol. The minimum Gasteiger partial charge on any atom is -0.466 e. The molecule has 0 unspecified atom stereocenters. The van der Waals surface area contributed by atoms with Crippen LogP contribution in [0.4, 0.5) is 8.78 Å². The van der Waals surface area contributed by atoms with E-state index in [-0.39, 0.29) is 23.6 Å². The van der Waals surface area contributed by atoms with Gasteiger partial charge in [-0.05, 0) is 54.0 Å². The number of hydrogen-bond acceptors (Lipinski definition) is 4. The molecule has 1 aliphatic rings. The highest BCUT2D eigenvalue weighted by molar-refractivity contribution is 5.94. The number of hydrogen-bond donors (Lipinski definition) is 0. The lowest BCUT2D eigenvalue weighted by atomic mass is 9.96. The largest absolute Gasteiger partial charge is 0.466 e. The molecule has 0 atom stereocenters. The van der Waals surface area contributed by atoms with E-state index < -0.39 is 0 Å². The number of carbonyl (C=O) groups is 1. The number of halogens is 2. The maximum atomic E-state index is 13.6. The normalized spacial score (nSPS) is 15.4. The maximum absolute atomic E-state index is 13.6. The van der Waals surface area contributed by atoms with E-state index in [4.69, 9.17) is 4.74 Å². The van der Waals surface area contributed by atoms with Crippen LogP contribution in [-0.4, -0.2) is 55.6 Å². The van der Waals surface area contributed by atoms with Crippen molar-refractivity contribution < 1.29 is 18.3 Å². The molecule has 0 bridgehead atoms. The van der Waals surface area contributed by atoms with Crippen molar-refractivity contribution >= 4 is 12.0 Å². The standard InChI is InChI=1S/C29H30F2N2O2/c1-21-3-5-22(6-4-21)19-25(29(34)35-2)20-32-15-17-33(18-16-32)28(23-7-11-26(30)12-8-23)24-9-13-27(31)14-10-24/h3-14,19,28H,15-18,20H2,1-2H3/b25-19-. The van der Waals surface area contributed by atoms with Crippen LogP contribution in [0.1, 0.15) is 28.3 Å². The zero-order chi connectivity index (χ0) is 24.8. The summed E-state index contributed by atoms with van der Waals surface area (Å²) in [5.41, 5.74) is 4.65. The van der Waals surface area contributed by atoms with Crippen molar-refractivity contribution in [2.24, 2.45) is 0 Å². The van der Waals surface area contributed by atoms with Gasteiger partial charge in [0.1, 0.15) is 11.6 Å². The van der Waals surface area contributed by atoms with Crippen LogP contribution in [-0.2, 0) is 9.53 Å². The quantitative estimate of drug-likeness (QED) is 0.345. The summed E-state index contributed by atoms with van der Waals surface area (Å²) in [5.74, 6) is -0.900. The minimum absolute atomic E-state index is 0.110. The summed E-state index contributed by atoms with van der Waals surface area (Å²) in [6, 6.07) is 20.9. The molecule has 1 fully saturated rings. The summed E-state index contributed by atoms with van der Waals surface area (Å²) in [6.07, 6.45) is 1.89. The number of carbonyl (C=O) groups excluding carboxylic acids is 1. The first-order valence-corrected chi connectivity index (χ1v) is 11.8. The Kier molecular flexibility index (Phi) is 8.06. The number of methoxy groups -OCH3 is 1. The predicted octanol–water partition coefficient (Wildman–Crippen LogP) is 5.24. The van der Waals surface area contributed by atoms with Crippen LogP contribution in [0.25, 0.3) is 6.08 Å². The van der Waals surface area contributed by atoms with Crippen molar-refractivity contribution in [3.05, 3.63) is 112 Å². The van der Waals surface area contributed by atoms with Crippen molar-refractivity contribution in [3.8, 4) is 0 Å². The molecule has 0 aromatic heterocycles. The van der Waals surface area contributed by atoms with Crippen LogP contribution in [0, 0.1) is 18.6 Å². The lowest BCUT2D eigenvalue weighted by Crippen LogP contribution is -2.48. The lowest BCUT2D eigenvalue weighted by Gasteiger charge is -2.40. The van der Waals surface area contributed by atoms with Crippen LogP contribution in [0.2, 0.25) is 0 Å². The number of ether oxygens (including phenoxy) is 1. The fourth-order valence-corrected chi connectivity index (χ4v) is 4.49. The fraction of sp³-hybridized carbons (Fsp3) is 0.276. The number of esters is 1. The first-order valence-electron chi connectivity index (χ1n) is 11.8. The van der Waals surface area contributed by atoms with Gasteiger partial charge in [-0.2, -0.15) is 0 Å². The molecule has 0 radical (unpaired) electrons. The van der Waals surface area contributed by atoms with Crippen LogP contribution in [0.3, 0.4) is 0 Å². The highest BCUT2D eigenvalue weighted by atomic mass is 19.1. The van der Waals surface area contributed by atoms with Crippen LogP contribution in [0.15, 0.2) is 78.4 Å². The molecule has 1 saturated heterocycles.